The zero-order valence-electron chi connectivity index (χ0n) is 23.9. The van der Waals surface area contributed by atoms with Crippen LogP contribution in [-0.4, -0.2) is 38.6 Å². The fourth-order valence-corrected chi connectivity index (χ4v) is 12.1. The molecule has 2 heterocycles. The highest BCUT2D eigenvalue weighted by Crippen LogP contribution is 2.66. The molecular weight excluding hydrogens is 496 g/mol. The van der Waals surface area contributed by atoms with Crippen LogP contribution in [0.25, 0.3) is 10.8 Å². The molecule has 2 saturated heterocycles. The molecule has 10 fully saturated rings. The van der Waals surface area contributed by atoms with Crippen molar-refractivity contribution in [3.63, 3.8) is 0 Å². The summed E-state index contributed by atoms with van der Waals surface area (Å²) in [5.74, 6) is 7.50. The van der Waals surface area contributed by atoms with Crippen molar-refractivity contribution in [2.45, 2.75) is 100 Å². The Morgan fingerprint density at radius 2 is 1.05 bits per heavy atom. The maximum Gasteiger partial charge on any atom is 0.161 e. The van der Waals surface area contributed by atoms with Crippen LogP contribution in [0.4, 0.5) is 0 Å². The van der Waals surface area contributed by atoms with Crippen molar-refractivity contribution < 1.29 is 18.9 Å². The van der Waals surface area contributed by atoms with Crippen LogP contribution < -0.4 is 9.47 Å². The predicted octanol–water partition coefficient (Wildman–Crippen LogP) is 7.33. The van der Waals surface area contributed by atoms with Crippen molar-refractivity contribution in [3.8, 4) is 11.5 Å². The summed E-state index contributed by atoms with van der Waals surface area (Å²) in [6, 6.07) is 9.81. The molecule has 0 radical (unpaired) electrons. The van der Waals surface area contributed by atoms with Gasteiger partial charge < -0.3 is 18.9 Å². The minimum absolute atomic E-state index is 0.233. The summed E-state index contributed by atoms with van der Waals surface area (Å²) in [5, 5.41) is 2.83. The number of benzene rings is 2. The van der Waals surface area contributed by atoms with Gasteiger partial charge in [0, 0.05) is 0 Å². The van der Waals surface area contributed by atoms with Crippen molar-refractivity contribution in [3.05, 3.63) is 35.4 Å². The maximum absolute atomic E-state index is 6.49. The lowest BCUT2D eigenvalue weighted by atomic mass is 9.44. The van der Waals surface area contributed by atoms with E-state index in [1.165, 1.54) is 87.8 Å². The molecule has 0 spiro atoms. The zero-order chi connectivity index (χ0) is 26.1. The van der Waals surface area contributed by atoms with Crippen LogP contribution in [0, 0.1) is 35.5 Å². The maximum atomic E-state index is 6.49. The average molecular weight is 541 g/mol. The third-order valence-corrected chi connectivity index (χ3v) is 12.9. The molecule has 2 atom stereocenters. The standard InChI is InChI=1S/C36H44O4/c1-2-31(35-11-21-3-22(12-35)5-23(4-21)13-35)34(36-14-24-6-25(15-36)8-26(7-24)16-36)30-10-33(40-20-29-18-38-29)32(9-27(1)30)39-19-28-17-37-28/h1-2,9-10,21-26,28-29H,3-8,11-20H2. The van der Waals surface area contributed by atoms with E-state index >= 15 is 0 Å². The minimum Gasteiger partial charge on any atom is -0.487 e. The molecule has 2 aromatic carbocycles. The highest BCUT2D eigenvalue weighted by Gasteiger charge is 2.57. The van der Waals surface area contributed by atoms with E-state index in [0.29, 0.717) is 24.0 Å². The number of rotatable bonds is 8. The van der Waals surface area contributed by atoms with Gasteiger partial charge in [0.2, 0.25) is 0 Å². The Morgan fingerprint density at radius 1 is 0.600 bits per heavy atom. The molecule has 2 aliphatic heterocycles. The molecule has 8 saturated carbocycles. The summed E-state index contributed by atoms with van der Waals surface area (Å²) in [6.07, 6.45) is 18.0. The van der Waals surface area contributed by atoms with E-state index in [-0.39, 0.29) is 12.2 Å². The Labute approximate surface area is 238 Å². The lowest BCUT2D eigenvalue weighted by Crippen LogP contribution is -2.52. The van der Waals surface area contributed by atoms with Crippen molar-refractivity contribution in [1.82, 2.24) is 0 Å². The molecule has 212 valence electrons. The van der Waals surface area contributed by atoms with Crippen molar-refractivity contribution in [2.24, 2.45) is 35.5 Å². The molecule has 2 aromatic rings. The zero-order valence-corrected chi connectivity index (χ0v) is 23.9. The summed E-state index contributed by atoms with van der Waals surface area (Å²) in [7, 11) is 0. The third kappa shape index (κ3) is 3.77. The summed E-state index contributed by atoms with van der Waals surface area (Å²) < 4.78 is 23.8. The number of hydrogen-bond donors (Lipinski definition) is 0. The van der Waals surface area contributed by atoms with Gasteiger partial charge in [-0.25, -0.2) is 0 Å². The van der Waals surface area contributed by atoms with Gasteiger partial charge in [-0.15, -0.1) is 0 Å². The highest BCUT2D eigenvalue weighted by molar-refractivity contribution is 5.91. The Balaban J connectivity index is 1.16. The Bertz CT molecular complexity index is 1280. The first-order valence-electron chi connectivity index (χ1n) is 16.7. The Morgan fingerprint density at radius 3 is 1.52 bits per heavy atom. The highest BCUT2D eigenvalue weighted by atomic mass is 16.6. The van der Waals surface area contributed by atoms with Crippen molar-refractivity contribution in [1.29, 1.82) is 0 Å². The normalized spacial score (nSPS) is 45.3. The molecule has 4 nitrogen and oxygen atoms in total. The monoisotopic (exact) mass is 540 g/mol. The Hall–Kier alpha value is -1.78. The van der Waals surface area contributed by atoms with E-state index in [1.54, 1.807) is 11.1 Å². The third-order valence-electron chi connectivity index (χ3n) is 12.9. The van der Waals surface area contributed by atoms with Gasteiger partial charge in [0.1, 0.15) is 25.4 Å². The molecule has 40 heavy (non-hydrogen) atoms. The summed E-state index contributed by atoms with van der Waals surface area (Å²) in [5.41, 5.74) is 4.31. The molecule has 0 aromatic heterocycles. The van der Waals surface area contributed by atoms with E-state index in [0.717, 1.165) is 60.2 Å². The van der Waals surface area contributed by atoms with Crippen molar-refractivity contribution >= 4 is 10.8 Å². The van der Waals surface area contributed by atoms with Crippen molar-refractivity contribution in [2.75, 3.05) is 26.4 Å². The molecule has 10 aliphatic rings. The van der Waals surface area contributed by atoms with E-state index in [1.807, 2.05) is 0 Å². The van der Waals surface area contributed by atoms with E-state index in [9.17, 15) is 0 Å². The second kappa shape index (κ2) is 8.40. The first kappa shape index (κ1) is 23.7. The lowest BCUT2D eigenvalue weighted by Gasteiger charge is -2.61. The number of hydrogen-bond acceptors (Lipinski definition) is 4. The summed E-state index contributed by atoms with van der Waals surface area (Å²) >= 11 is 0. The minimum atomic E-state index is 0.233. The number of epoxide rings is 2. The first-order valence-corrected chi connectivity index (χ1v) is 16.7. The van der Waals surface area contributed by atoms with Gasteiger partial charge in [-0.3, -0.25) is 0 Å². The average Bonchev–Trinajstić information content (AvgIpc) is 3.84. The molecular formula is C36H44O4. The van der Waals surface area contributed by atoms with Gasteiger partial charge in [0.05, 0.1) is 13.2 Å². The van der Waals surface area contributed by atoms with Crippen LogP contribution in [0.5, 0.6) is 11.5 Å². The van der Waals surface area contributed by atoms with Gasteiger partial charge in [-0.1, -0.05) is 12.1 Å². The molecule has 4 heteroatoms. The van der Waals surface area contributed by atoms with Crippen LogP contribution in [0.1, 0.15) is 88.2 Å². The molecule has 0 N–H and O–H groups in total. The largest absolute Gasteiger partial charge is 0.487 e. The van der Waals surface area contributed by atoms with Crippen LogP contribution in [0.3, 0.4) is 0 Å². The fourth-order valence-electron chi connectivity index (χ4n) is 12.1. The quantitative estimate of drug-likeness (QED) is 0.329. The molecule has 8 bridgehead atoms. The summed E-state index contributed by atoms with van der Waals surface area (Å²) in [4.78, 5) is 0. The number of fused-ring (bicyclic) bond motifs is 1. The topological polar surface area (TPSA) is 43.5 Å². The second-order valence-electron chi connectivity index (χ2n) is 15.9. The molecule has 8 aliphatic carbocycles. The van der Waals surface area contributed by atoms with E-state index in [4.69, 9.17) is 18.9 Å². The van der Waals surface area contributed by atoms with Gasteiger partial charge in [0.25, 0.3) is 0 Å². The van der Waals surface area contributed by atoms with Crippen LogP contribution in [0.15, 0.2) is 24.3 Å². The lowest BCUT2D eigenvalue weighted by molar-refractivity contribution is -0.0168. The number of ether oxygens (including phenoxy) is 4. The fraction of sp³-hybridized carbons (Fsp3) is 0.722. The second-order valence-corrected chi connectivity index (χ2v) is 15.9. The van der Waals surface area contributed by atoms with Gasteiger partial charge in [-0.2, -0.15) is 0 Å². The van der Waals surface area contributed by atoms with E-state index < -0.39 is 0 Å². The summed E-state index contributed by atoms with van der Waals surface area (Å²) in [6.45, 7) is 2.84. The smallest absolute Gasteiger partial charge is 0.161 e. The first-order chi connectivity index (χ1) is 19.6. The molecule has 2 unspecified atom stereocenters. The van der Waals surface area contributed by atoms with E-state index in [2.05, 4.69) is 24.3 Å². The van der Waals surface area contributed by atoms with Crippen LogP contribution in [-0.2, 0) is 20.3 Å². The predicted molar refractivity (Wildman–Crippen MR) is 154 cm³/mol. The molecule has 12 rings (SSSR count). The SMILES string of the molecule is c1cc2cc(OCC3CO3)c(OCC3CO3)cc2c(C23CC4CC(CC(C4)C2)C3)c1C12CC3CC(CC(C3)C1)C2. The van der Waals surface area contributed by atoms with Crippen LogP contribution >= 0.6 is 0 Å². The Kier molecular flexibility index (Phi) is 4.99. The van der Waals surface area contributed by atoms with Gasteiger partial charge in [-0.05, 0) is 157 Å². The van der Waals surface area contributed by atoms with Gasteiger partial charge in [0.15, 0.2) is 11.5 Å². The van der Waals surface area contributed by atoms with Gasteiger partial charge >= 0.3 is 0 Å². The molecule has 0 amide bonds. The van der Waals surface area contributed by atoms with Crippen LogP contribution in [0.2, 0.25) is 0 Å².